The zero-order valence-electron chi connectivity index (χ0n) is 8.19. The molecule has 0 aliphatic carbocycles. The van der Waals surface area contributed by atoms with Crippen LogP contribution in [0.2, 0.25) is 0 Å². The molecule has 1 aromatic heterocycles. The summed E-state index contributed by atoms with van der Waals surface area (Å²) in [6.07, 6.45) is 0.700. The van der Waals surface area contributed by atoms with Gasteiger partial charge in [0.25, 0.3) is 5.56 Å². The molecule has 15 heavy (non-hydrogen) atoms. The van der Waals surface area contributed by atoms with Gasteiger partial charge in [-0.1, -0.05) is 0 Å². The molecule has 6 nitrogen and oxygen atoms in total. The molecule has 0 amide bonds. The van der Waals surface area contributed by atoms with Gasteiger partial charge in [0.15, 0.2) is 9.84 Å². The Morgan fingerprint density at radius 3 is 2.73 bits per heavy atom. The summed E-state index contributed by atoms with van der Waals surface area (Å²) in [6, 6.07) is 0. The lowest BCUT2D eigenvalue weighted by molar-refractivity contribution is 0.560. The summed E-state index contributed by atoms with van der Waals surface area (Å²) < 4.78 is 23.9. The number of nitrogens with two attached hydrogens (primary N) is 1. The van der Waals surface area contributed by atoms with Crippen LogP contribution < -0.4 is 11.3 Å². The van der Waals surface area contributed by atoms with E-state index in [-0.39, 0.29) is 17.1 Å². The number of H-pyrrole nitrogens is 1. The minimum atomic E-state index is -3.09. The fraction of sp³-hybridized carbons (Fsp3) is 0.625. The predicted octanol–water partition coefficient (Wildman–Crippen LogP) is -1.05. The van der Waals surface area contributed by atoms with E-state index >= 15 is 0 Å². The number of aromatic nitrogens is 2. The first-order chi connectivity index (χ1) is 7.03. The quantitative estimate of drug-likeness (QED) is 0.693. The average molecular weight is 231 g/mol. The Bertz CT molecular complexity index is 526. The first kappa shape index (κ1) is 10.4. The maximum atomic E-state index is 11.7. The molecule has 1 aliphatic heterocycles. The van der Waals surface area contributed by atoms with Crippen molar-refractivity contribution in [2.45, 2.75) is 24.5 Å². The molecule has 7 heteroatoms. The standard InChI is InChI=1S/C8H13N3O3S/c9-2-1-3-11-8(12)6-4-15(13,14)5-7(6)10-11/h10H,1-5,9H2. The molecule has 0 atom stereocenters. The van der Waals surface area contributed by atoms with Crippen LogP contribution in [-0.4, -0.2) is 24.7 Å². The summed E-state index contributed by atoms with van der Waals surface area (Å²) in [4.78, 5) is 11.7. The molecule has 3 N–H and O–H groups in total. The third-order valence-electron chi connectivity index (χ3n) is 2.45. The Balaban J connectivity index is 2.32. The van der Waals surface area contributed by atoms with E-state index < -0.39 is 9.84 Å². The first-order valence-corrected chi connectivity index (χ1v) is 6.56. The van der Waals surface area contributed by atoms with Crippen molar-refractivity contribution in [3.63, 3.8) is 0 Å². The lowest BCUT2D eigenvalue weighted by Gasteiger charge is -2.00. The Hall–Kier alpha value is -1.08. The lowest BCUT2D eigenvalue weighted by atomic mass is 10.3. The van der Waals surface area contributed by atoms with Crippen LogP contribution >= 0.6 is 0 Å². The van der Waals surface area contributed by atoms with Crippen molar-refractivity contribution < 1.29 is 8.42 Å². The van der Waals surface area contributed by atoms with Gasteiger partial charge in [0.2, 0.25) is 0 Å². The fourth-order valence-electron chi connectivity index (χ4n) is 1.74. The third kappa shape index (κ3) is 1.84. The van der Waals surface area contributed by atoms with Gasteiger partial charge < -0.3 is 5.73 Å². The van der Waals surface area contributed by atoms with Crippen LogP contribution in [0.25, 0.3) is 0 Å². The molecule has 2 rings (SSSR count). The topological polar surface area (TPSA) is 97.9 Å². The van der Waals surface area contributed by atoms with Gasteiger partial charge in [-0.2, -0.15) is 0 Å². The normalized spacial score (nSPS) is 17.9. The van der Waals surface area contributed by atoms with Crippen molar-refractivity contribution in [3.8, 4) is 0 Å². The number of sulfone groups is 1. The smallest absolute Gasteiger partial charge is 0.271 e. The molecule has 0 bridgehead atoms. The van der Waals surface area contributed by atoms with Crippen molar-refractivity contribution in [2.75, 3.05) is 6.54 Å². The van der Waals surface area contributed by atoms with E-state index in [4.69, 9.17) is 5.73 Å². The van der Waals surface area contributed by atoms with Gasteiger partial charge in [-0.15, -0.1) is 0 Å². The zero-order chi connectivity index (χ0) is 11.1. The van der Waals surface area contributed by atoms with Gasteiger partial charge in [0.1, 0.15) is 0 Å². The molecule has 2 heterocycles. The van der Waals surface area contributed by atoms with Gasteiger partial charge in [-0.25, -0.2) is 8.42 Å². The van der Waals surface area contributed by atoms with Crippen LogP contribution in [0.4, 0.5) is 0 Å². The molecular weight excluding hydrogens is 218 g/mol. The number of aryl methyl sites for hydroxylation is 1. The van der Waals surface area contributed by atoms with E-state index in [9.17, 15) is 13.2 Å². The summed E-state index contributed by atoms with van der Waals surface area (Å²) in [5, 5.41) is 2.82. The van der Waals surface area contributed by atoms with Crippen LogP contribution in [0, 0.1) is 0 Å². The SMILES string of the molecule is NCCCn1[nH]c2c(c1=O)CS(=O)(=O)C2. The lowest BCUT2D eigenvalue weighted by Crippen LogP contribution is -2.21. The number of fused-ring (bicyclic) bond motifs is 1. The Labute approximate surface area is 87.0 Å². The van der Waals surface area contributed by atoms with Crippen molar-refractivity contribution in [1.29, 1.82) is 0 Å². The van der Waals surface area contributed by atoms with Crippen LogP contribution in [0.5, 0.6) is 0 Å². The van der Waals surface area contributed by atoms with Crippen molar-refractivity contribution in [2.24, 2.45) is 5.73 Å². The first-order valence-electron chi connectivity index (χ1n) is 4.74. The molecule has 1 aromatic rings. The second-order valence-corrected chi connectivity index (χ2v) is 5.76. The molecule has 0 spiro atoms. The molecule has 0 saturated heterocycles. The number of nitrogens with one attached hydrogen (secondary N) is 1. The van der Waals surface area contributed by atoms with Crippen molar-refractivity contribution in [3.05, 3.63) is 21.6 Å². The van der Waals surface area contributed by atoms with Crippen LogP contribution in [-0.2, 0) is 27.9 Å². The maximum Gasteiger partial charge on any atom is 0.271 e. The summed E-state index contributed by atoms with van der Waals surface area (Å²) in [7, 11) is -3.09. The van der Waals surface area contributed by atoms with Gasteiger partial charge in [-0.05, 0) is 13.0 Å². The van der Waals surface area contributed by atoms with Gasteiger partial charge >= 0.3 is 0 Å². The molecule has 0 aromatic carbocycles. The van der Waals surface area contributed by atoms with E-state index in [0.29, 0.717) is 30.8 Å². The molecule has 0 radical (unpaired) electrons. The molecule has 1 aliphatic rings. The monoisotopic (exact) mass is 231 g/mol. The Morgan fingerprint density at radius 1 is 1.40 bits per heavy atom. The van der Waals surface area contributed by atoms with Crippen LogP contribution in [0.15, 0.2) is 4.79 Å². The number of nitrogens with zero attached hydrogens (tertiary/aromatic N) is 1. The van der Waals surface area contributed by atoms with Crippen LogP contribution in [0.1, 0.15) is 17.7 Å². The van der Waals surface area contributed by atoms with E-state index in [1.165, 1.54) is 4.68 Å². The molecule has 0 fully saturated rings. The Morgan fingerprint density at radius 2 is 2.13 bits per heavy atom. The van der Waals surface area contributed by atoms with E-state index in [1.807, 2.05) is 0 Å². The summed E-state index contributed by atoms with van der Waals surface area (Å²) >= 11 is 0. The molecule has 84 valence electrons. The summed E-state index contributed by atoms with van der Waals surface area (Å²) in [5.74, 6) is -0.180. The van der Waals surface area contributed by atoms with Crippen molar-refractivity contribution >= 4 is 9.84 Å². The molecule has 0 unspecified atom stereocenters. The molecular formula is C8H13N3O3S. The number of hydrogen-bond donors (Lipinski definition) is 2. The second-order valence-electron chi connectivity index (χ2n) is 3.70. The van der Waals surface area contributed by atoms with Gasteiger partial charge in [0, 0.05) is 6.54 Å². The number of rotatable bonds is 3. The van der Waals surface area contributed by atoms with E-state index in [2.05, 4.69) is 5.10 Å². The fourth-order valence-corrected chi connectivity index (χ4v) is 3.26. The summed E-state index contributed by atoms with van der Waals surface area (Å²) in [5.41, 5.74) is 6.05. The summed E-state index contributed by atoms with van der Waals surface area (Å²) in [6.45, 7) is 1.02. The highest BCUT2D eigenvalue weighted by atomic mass is 32.2. The van der Waals surface area contributed by atoms with Gasteiger partial charge in [0.05, 0.1) is 22.8 Å². The highest BCUT2D eigenvalue weighted by Gasteiger charge is 2.30. The largest absolute Gasteiger partial charge is 0.330 e. The number of hydrogen-bond acceptors (Lipinski definition) is 4. The highest BCUT2D eigenvalue weighted by molar-refractivity contribution is 7.90. The minimum absolute atomic E-state index is 0.0484. The zero-order valence-corrected chi connectivity index (χ0v) is 9.01. The predicted molar refractivity (Wildman–Crippen MR) is 55.1 cm³/mol. The molecule has 0 saturated carbocycles. The number of aromatic amines is 1. The van der Waals surface area contributed by atoms with Gasteiger partial charge in [-0.3, -0.25) is 14.6 Å². The maximum absolute atomic E-state index is 11.7. The van der Waals surface area contributed by atoms with Crippen LogP contribution in [0.3, 0.4) is 0 Å². The highest BCUT2D eigenvalue weighted by Crippen LogP contribution is 2.19. The average Bonchev–Trinajstić information content (AvgIpc) is 2.58. The van der Waals surface area contributed by atoms with E-state index in [1.54, 1.807) is 0 Å². The Kier molecular flexibility index (Phi) is 2.43. The third-order valence-corrected chi connectivity index (χ3v) is 3.91. The second kappa shape index (κ2) is 3.49. The van der Waals surface area contributed by atoms with Crippen molar-refractivity contribution in [1.82, 2.24) is 9.78 Å². The van der Waals surface area contributed by atoms with E-state index in [0.717, 1.165) is 0 Å². The minimum Gasteiger partial charge on any atom is -0.330 e.